The highest BCUT2D eigenvalue weighted by atomic mass is 19.1. The number of anilines is 1. The Labute approximate surface area is 166 Å². The van der Waals surface area contributed by atoms with Crippen LogP contribution in [-0.2, 0) is 16.1 Å². The average molecular weight is 397 g/mol. The molecule has 0 bridgehead atoms. The minimum atomic E-state index is -0.931. The lowest BCUT2D eigenvalue weighted by Gasteiger charge is -2.11. The van der Waals surface area contributed by atoms with E-state index in [1.165, 1.54) is 18.3 Å². The number of benzene rings is 1. The van der Waals surface area contributed by atoms with Gasteiger partial charge in [-0.05, 0) is 50.6 Å². The molecule has 0 saturated carbocycles. The van der Waals surface area contributed by atoms with Crippen LogP contribution in [0.25, 0.3) is 11.0 Å². The second-order valence-electron chi connectivity index (χ2n) is 6.59. The van der Waals surface area contributed by atoms with Crippen LogP contribution in [0, 0.1) is 19.7 Å². The maximum absolute atomic E-state index is 13.8. The van der Waals surface area contributed by atoms with Gasteiger partial charge in [0, 0.05) is 18.4 Å². The molecule has 0 atom stereocenters. The van der Waals surface area contributed by atoms with Crippen LogP contribution in [0.15, 0.2) is 41.3 Å². The number of amides is 1. The number of halogens is 1. The Morgan fingerprint density at radius 1 is 1.21 bits per heavy atom. The normalized spacial score (nSPS) is 10.8. The van der Waals surface area contributed by atoms with E-state index < -0.39 is 29.7 Å². The molecule has 0 fully saturated rings. The number of hydrogen-bond acceptors (Lipinski definition) is 5. The van der Waals surface area contributed by atoms with Crippen molar-refractivity contribution in [2.24, 2.45) is 0 Å². The lowest BCUT2D eigenvalue weighted by Crippen LogP contribution is -2.25. The molecular weight excluding hydrogens is 377 g/mol. The summed E-state index contributed by atoms with van der Waals surface area (Å²) >= 11 is 0. The van der Waals surface area contributed by atoms with E-state index in [1.807, 2.05) is 13.8 Å². The first-order valence-electron chi connectivity index (χ1n) is 9.04. The van der Waals surface area contributed by atoms with Crippen molar-refractivity contribution in [1.82, 2.24) is 9.55 Å². The summed E-state index contributed by atoms with van der Waals surface area (Å²) in [6.45, 7) is 5.22. The summed E-state index contributed by atoms with van der Waals surface area (Å²) < 4.78 is 20.5. The minimum absolute atomic E-state index is 0.0165. The number of aryl methyl sites for hydroxylation is 3. The summed E-state index contributed by atoms with van der Waals surface area (Å²) in [5.41, 5.74) is 1.19. The number of nitrogens with one attached hydrogen (secondary N) is 1. The molecular formula is C21H20FN3O4. The van der Waals surface area contributed by atoms with Crippen molar-refractivity contribution in [2.45, 2.75) is 27.3 Å². The quantitative estimate of drug-likeness (QED) is 0.669. The Morgan fingerprint density at radius 2 is 1.97 bits per heavy atom. The smallest absolute Gasteiger partial charge is 0.344 e. The van der Waals surface area contributed by atoms with Crippen LogP contribution in [0.5, 0.6) is 0 Å². The number of carbonyl (C=O) groups excluding carboxylic acids is 2. The number of hydrogen-bond donors (Lipinski definition) is 1. The first kappa shape index (κ1) is 20.2. The van der Waals surface area contributed by atoms with E-state index in [0.717, 1.165) is 5.69 Å². The van der Waals surface area contributed by atoms with Gasteiger partial charge in [0.2, 0.25) is 5.43 Å². The van der Waals surface area contributed by atoms with E-state index in [0.29, 0.717) is 17.8 Å². The van der Waals surface area contributed by atoms with E-state index in [9.17, 15) is 18.8 Å². The van der Waals surface area contributed by atoms with Crippen molar-refractivity contribution < 1.29 is 18.7 Å². The van der Waals surface area contributed by atoms with Gasteiger partial charge in [0.15, 0.2) is 6.61 Å². The van der Waals surface area contributed by atoms with E-state index in [1.54, 1.807) is 29.7 Å². The van der Waals surface area contributed by atoms with Crippen LogP contribution in [0.2, 0.25) is 0 Å². The molecule has 0 aliphatic rings. The average Bonchev–Trinajstić information content (AvgIpc) is 2.68. The number of rotatable bonds is 5. The van der Waals surface area contributed by atoms with Crippen molar-refractivity contribution in [1.29, 1.82) is 0 Å². The lowest BCUT2D eigenvalue weighted by molar-refractivity contribution is -0.119. The van der Waals surface area contributed by atoms with Gasteiger partial charge in [-0.3, -0.25) is 9.59 Å². The summed E-state index contributed by atoms with van der Waals surface area (Å²) in [4.78, 5) is 41.4. The van der Waals surface area contributed by atoms with Crippen molar-refractivity contribution in [3.05, 3.63) is 69.4 Å². The van der Waals surface area contributed by atoms with Gasteiger partial charge in [-0.1, -0.05) is 6.07 Å². The van der Waals surface area contributed by atoms with Crippen molar-refractivity contribution in [3.8, 4) is 0 Å². The molecule has 0 aliphatic heterocycles. The van der Waals surface area contributed by atoms with E-state index in [2.05, 4.69) is 10.3 Å². The predicted octanol–water partition coefficient (Wildman–Crippen LogP) is 2.97. The highest BCUT2D eigenvalue weighted by molar-refractivity contribution is 5.96. The molecule has 0 radical (unpaired) electrons. The van der Waals surface area contributed by atoms with Crippen LogP contribution >= 0.6 is 0 Å². The zero-order valence-corrected chi connectivity index (χ0v) is 16.3. The zero-order valence-electron chi connectivity index (χ0n) is 16.3. The third-order valence-corrected chi connectivity index (χ3v) is 4.35. The number of pyridine rings is 2. The third-order valence-electron chi connectivity index (χ3n) is 4.35. The molecule has 0 saturated heterocycles. The van der Waals surface area contributed by atoms with Crippen LogP contribution in [0.3, 0.4) is 0 Å². The van der Waals surface area contributed by atoms with Crippen LogP contribution in [0.4, 0.5) is 10.1 Å². The Morgan fingerprint density at radius 3 is 2.66 bits per heavy atom. The molecule has 0 aliphatic carbocycles. The standard InChI is InChI=1S/C21H20FN3O4/c1-4-25-10-15(19(27)14-7-6-13(3)23-20(14)25)21(28)29-11-18(26)24-17-8-5-12(2)9-16(17)22/h5-10H,4,11H2,1-3H3,(H,24,26). The maximum atomic E-state index is 13.8. The molecule has 7 nitrogen and oxygen atoms in total. The zero-order chi connectivity index (χ0) is 21.1. The van der Waals surface area contributed by atoms with Crippen molar-refractivity contribution in [3.63, 3.8) is 0 Å². The molecule has 2 heterocycles. The number of nitrogens with zero attached hydrogens (tertiary/aromatic N) is 2. The largest absolute Gasteiger partial charge is 0.452 e. The van der Waals surface area contributed by atoms with E-state index in [-0.39, 0.29) is 16.6 Å². The van der Waals surface area contributed by atoms with Gasteiger partial charge in [-0.15, -0.1) is 0 Å². The third kappa shape index (κ3) is 4.31. The summed E-state index contributed by atoms with van der Waals surface area (Å²) in [5, 5.41) is 2.62. The molecule has 29 heavy (non-hydrogen) atoms. The van der Waals surface area contributed by atoms with E-state index >= 15 is 0 Å². The second kappa shape index (κ2) is 8.22. The van der Waals surface area contributed by atoms with Gasteiger partial charge in [-0.25, -0.2) is 14.2 Å². The fourth-order valence-corrected chi connectivity index (χ4v) is 2.86. The fourth-order valence-electron chi connectivity index (χ4n) is 2.86. The number of fused-ring (bicyclic) bond motifs is 1. The topological polar surface area (TPSA) is 90.3 Å². The molecule has 150 valence electrons. The van der Waals surface area contributed by atoms with Gasteiger partial charge < -0.3 is 14.6 Å². The second-order valence-corrected chi connectivity index (χ2v) is 6.59. The SMILES string of the molecule is CCn1cc(C(=O)OCC(=O)Nc2ccc(C)cc2F)c(=O)c2ccc(C)nc21. The first-order valence-corrected chi connectivity index (χ1v) is 9.04. The van der Waals surface area contributed by atoms with Gasteiger partial charge in [0.05, 0.1) is 11.1 Å². The van der Waals surface area contributed by atoms with Gasteiger partial charge in [0.1, 0.15) is 17.0 Å². The molecule has 0 spiro atoms. The van der Waals surface area contributed by atoms with Crippen molar-refractivity contribution in [2.75, 3.05) is 11.9 Å². The Hall–Kier alpha value is -3.55. The molecule has 2 aromatic heterocycles. The maximum Gasteiger partial charge on any atom is 0.344 e. The predicted molar refractivity (Wildman–Crippen MR) is 106 cm³/mol. The molecule has 1 amide bonds. The Balaban J connectivity index is 1.77. The summed E-state index contributed by atoms with van der Waals surface area (Å²) in [5.74, 6) is -2.23. The summed E-state index contributed by atoms with van der Waals surface area (Å²) in [7, 11) is 0. The minimum Gasteiger partial charge on any atom is -0.452 e. The fraction of sp³-hybridized carbons (Fsp3) is 0.238. The molecule has 8 heteroatoms. The van der Waals surface area contributed by atoms with Gasteiger partial charge >= 0.3 is 5.97 Å². The highest BCUT2D eigenvalue weighted by Crippen LogP contribution is 2.15. The lowest BCUT2D eigenvalue weighted by atomic mass is 10.2. The summed E-state index contributed by atoms with van der Waals surface area (Å²) in [6.07, 6.45) is 1.37. The number of aromatic nitrogens is 2. The summed E-state index contributed by atoms with van der Waals surface area (Å²) in [6, 6.07) is 7.63. The monoisotopic (exact) mass is 397 g/mol. The van der Waals surface area contributed by atoms with Crippen LogP contribution in [0.1, 0.15) is 28.5 Å². The van der Waals surface area contributed by atoms with Gasteiger partial charge in [-0.2, -0.15) is 0 Å². The number of ether oxygens (including phenoxy) is 1. The van der Waals surface area contributed by atoms with E-state index in [4.69, 9.17) is 4.74 Å². The highest BCUT2D eigenvalue weighted by Gasteiger charge is 2.18. The molecule has 3 rings (SSSR count). The van der Waals surface area contributed by atoms with Crippen LogP contribution < -0.4 is 10.7 Å². The molecule has 1 aromatic carbocycles. The van der Waals surface area contributed by atoms with Gasteiger partial charge in [0.25, 0.3) is 5.91 Å². The number of carbonyl (C=O) groups is 2. The van der Waals surface area contributed by atoms with Crippen LogP contribution in [-0.4, -0.2) is 28.0 Å². The Bertz CT molecular complexity index is 1170. The first-order chi connectivity index (χ1) is 13.8. The molecule has 0 unspecified atom stereocenters. The molecule has 1 N–H and O–H groups in total. The number of esters is 1. The Kier molecular flexibility index (Phi) is 5.72. The molecule has 3 aromatic rings. The van der Waals surface area contributed by atoms with Crippen molar-refractivity contribution >= 4 is 28.6 Å².